The second-order valence-electron chi connectivity index (χ2n) is 9.49. The van der Waals surface area contributed by atoms with E-state index in [9.17, 15) is 27.9 Å². The van der Waals surface area contributed by atoms with E-state index in [1.54, 1.807) is 0 Å². The van der Waals surface area contributed by atoms with Crippen molar-refractivity contribution in [2.75, 3.05) is 5.32 Å². The van der Waals surface area contributed by atoms with Crippen LogP contribution in [-0.2, 0) is 19.0 Å². The average molecular weight is 550 g/mol. The molecule has 1 aliphatic rings. The Hall–Kier alpha value is -3.37. The van der Waals surface area contributed by atoms with Gasteiger partial charge < -0.3 is 10.4 Å². The van der Waals surface area contributed by atoms with Gasteiger partial charge in [-0.1, -0.05) is 37.6 Å². The summed E-state index contributed by atoms with van der Waals surface area (Å²) in [6, 6.07) is 9.14. The lowest BCUT2D eigenvalue weighted by Crippen LogP contribution is -2.25. The van der Waals surface area contributed by atoms with Gasteiger partial charge in [-0.25, -0.2) is 5.43 Å². The Morgan fingerprint density at radius 1 is 1.16 bits per heavy atom. The van der Waals surface area contributed by atoms with Crippen LogP contribution in [0.15, 0.2) is 47.6 Å². The summed E-state index contributed by atoms with van der Waals surface area (Å²) in [7, 11) is 0. The van der Waals surface area contributed by atoms with Crippen LogP contribution in [0.25, 0.3) is 0 Å². The largest absolute Gasteiger partial charge is 0.508 e. The fraction of sp³-hybridized carbons (Fsp3) is 0.269. The number of hydrogen-bond acceptors (Lipinski definition) is 5. The van der Waals surface area contributed by atoms with Crippen molar-refractivity contribution < 1.29 is 27.9 Å². The van der Waals surface area contributed by atoms with Gasteiger partial charge in [-0.05, 0) is 66.1 Å². The number of phenols is 1. The molecule has 3 N–H and O–H groups in total. The standard InChI is InChI=1S/C26H23ClF3N3O3S/c1-25(2)9-8-17-20(12-25)37-24(32-22(35)15-4-3-5-16(34)11-15)21(17)23(36)33-31-13-14-6-7-19(27)18(10-14)26(28,29)30/h3-7,10-11,13,34H,8-9,12H2,1-2H3,(H,32,35)(H,33,36)/b31-13+. The first-order valence-corrected chi connectivity index (χ1v) is 12.5. The molecule has 0 fully saturated rings. The first-order chi connectivity index (χ1) is 17.3. The monoisotopic (exact) mass is 549 g/mol. The summed E-state index contributed by atoms with van der Waals surface area (Å²) in [5.41, 5.74) is 2.80. The molecule has 0 spiro atoms. The van der Waals surface area contributed by atoms with E-state index >= 15 is 0 Å². The van der Waals surface area contributed by atoms with Crippen molar-refractivity contribution >= 4 is 46.0 Å². The minimum atomic E-state index is -4.63. The quantitative estimate of drug-likeness (QED) is 0.245. The molecule has 194 valence electrons. The molecule has 0 bridgehead atoms. The molecule has 2 amide bonds. The Morgan fingerprint density at radius 3 is 2.62 bits per heavy atom. The van der Waals surface area contributed by atoms with E-state index in [2.05, 4.69) is 29.7 Å². The number of benzene rings is 2. The normalized spacial score (nSPS) is 14.9. The zero-order chi connectivity index (χ0) is 27.0. The number of thiophene rings is 1. The predicted octanol–water partition coefficient (Wildman–Crippen LogP) is 6.66. The van der Waals surface area contributed by atoms with E-state index < -0.39 is 28.6 Å². The number of anilines is 1. The molecule has 0 radical (unpaired) electrons. The highest BCUT2D eigenvalue weighted by Crippen LogP contribution is 2.44. The first-order valence-electron chi connectivity index (χ1n) is 11.3. The lowest BCUT2D eigenvalue weighted by Gasteiger charge is -2.29. The van der Waals surface area contributed by atoms with Crippen LogP contribution in [0.5, 0.6) is 5.75 Å². The highest BCUT2D eigenvalue weighted by Gasteiger charge is 2.34. The van der Waals surface area contributed by atoms with Crippen LogP contribution >= 0.6 is 22.9 Å². The second kappa shape index (κ2) is 10.2. The van der Waals surface area contributed by atoms with Gasteiger partial charge in [0.15, 0.2) is 0 Å². The lowest BCUT2D eigenvalue weighted by atomic mass is 9.77. The van der Waals surface area contributed by atoms with Crippen LogP contribution in [0, 0.1) is 5.41 Å². The highest BCUT2D eigenvalue weighted by molar-refractivity contribution is 7.17. The van der Waals surface area contributed by atoms with Crippen LogP contribution in [0.3, 0.4) is 0 Å². The molecule has 0 saturated heterocycles. The molecule has 0 atom stereocenters. The molecule has 0 saturated carbocycles. The van der Waals surface area contributed by atoms with Crippen LogP contribution in [0.1, 0.15) is 62.6 Å². The van der Waals surface area contributed by atoms with Gasteiger partial charge in [0.1, 0.15) is 10.8 Å². The zero-order valence-corrected chi connectivity index (χ0v) is 21.4. The van der Waals surface area contributed by atoms with Crippen LogP contribution in [0.2, 0.25) is 5.02 Å². The molecule has 6 nitrogen and oxygen atoms in total. The Labute approximate surface area is 220 Å². The lowest BCUT2D eigenvalue weighted by molar-refractivity contribution is -0.137. The third-order valence-corrected chi connectivity index (χ3v) is 7.50. The summed E-state index contributed by atoms with van der Waals surface area (Å²) in [5, 5.41) is 16.2. The van der Waals surface area contributed by atoms with E-state index in [-0.39, 0.29) is 27.9 Å². The van der Waals surface area contributed by atoms with Gasteiger partial charge in [-0.15, -0.1) is 11.3 Å². The van der Waals surface area contributed by atoms with Gasteiger partial charge in [0.25, 0.3) is 11.8 Å². The van der Waals surface area contributed by atoms with E-state index in [0.29, 0.717) is 11.4 Å². The maximum Gasteiger partial charge on any atom is 0.417 e. The molecule has 2 aromatic carbocycles. The van der Waals surface area contributed by atoms with Gasteiger partial charge in [-0.2, -0.15) is 18.3 Å². The maximum atomic E-state index is 13.2. The number of amides is 2. The zero-order valence-electron chi connectivity index (χ0n) is 19.9. The minimum Gasteiger partial charge on any atom is -0.508 e. The van der Waals surface area contributed by atoms with Crippen molar-refractivity contribution in [3.8, 4) is 5.75 Å². The van der Waals surface area contributed by atoms with E-state index in [1.807, 2.05) is 0 Å². The van der Waals surface area contributed by atoms with Crippen molar-refractivity contribution in [3.05, 3.63) is 80.2 Å². The maximum absolute atomic E-state index is 13.2. The molecule has 1 heterocycles. The van der Waals surface area contributed by atoms with Crippen LogP contribution in [-0.4, -0.2) is 23.1 Å². The number of phenolic OH excluding ortho intramolecular Hbond substituents is 1. The van der Waals surface area contributed by atoms with E-state index in [1.165, 1.54) is 41.7 Å². The van der Waals surface area contributed by atoms with Gasteiger partial charge in [-0.3, -0.25) is 9.59 Å². The van der Waals surface area contributed by atoms with Gasteiger partial charge in [0, 0.05) is 10.4 Å². The molecule has 1 aromatic heterocycles. The average Bonchev–Trinajstić information content (AvgIpc) is 3.15. The number of halogens is 4. The number of aromatic hydroxyl groups is 1. The molecule has 37 heavy (non-hydrogen) atoms. The molecule has 0 unspecified atom stereocenters. The number of nitrogens with zero attached hydrogens (tertiary/aromatic N) is 1. The molecular formula is C26H23ClF3N3O3S. The van der Waals surface area contributed by atoms with Crippen molar-refractivity contribution in [3.63, 3.8) is 0 Å². The number of hydrazone groups is 1. The SMILES string of the molecule is CC1(C)CCc2c(sc(NC(=O)c3cccc(O)c3)c2C(=O)N/N=C/c2ccc(Cl)c(C(F)(F)F)c2)C1. The smallest absolute Gasteiger partial charge is 0.417 e. The Balaban J connectivity index is 1.60. The van der Waals surface area contributed by atoms with Gasteiger partial charge in [0.05, 0.1) is 22.4 Å². The summed E-state index contributed by atoms with van der Waals surface area (Å²) >= 11 is 6.96. The fourth-order valence-electron chi connectivity index (χ4n) is 4.12. The number of hydrogen-bond donors (Lipinski definition) is 3. The fourth-order valence-corrected chi connectivity index (χ4v) is 5.84. The summed E-state index contributed by atoms with van der Waals surface area (Å²) in [5.74, 6) is -1.15. The molecular weight excluding hydrogens is 527 g/mol. The summed E-state index contributed by atoms with van der Waals surface area (Å²) in [4.78, 5) is 27.0. The first kappa shape index (κ1) is 26.7. The minimum absolute atomic E-state index is 0.0288. The predicted molar refractivity (Wildman–Crippen MR) is 138 cm³/mol. The highest BCUT2D eigenvalue weighted by atomic mass is 35.5. The number of alkyl halides is 3. The number of fused-ring (bicyclic) bond motifs is 1. The number of carbonyl (C=O) groups is 2. The molecule has 0 aliphatic heterocycles. The number of rotatable bonds is 5. The van der Waals surface area contributed by atoms with Crippen LogP contribution < -0.4 is 10.7 Å². The molecule has 4 rings (SSSR count). The van der Waals surface area contributed by atoms with Crippen molar-refractivity contribution in [1.82, 2.24) is 5.43 Å². The number of carbonyl (C=O) groups excluding carboxylic acids is 2. The Morgan fingerprint density at radius 2 is 1.92 bits per heavy atom. The van der Waals surface area contributed by atoms with Gasteiger partial charge >= 0.3 is 6.18 Å². The van der Waals surface area contributed by atoms with E-state index in [0.717, 1.165) is 41.6 Å². The second-order valence-corrected chi connectivity index (χ2v) is 11.0. The molecule has 3 aromatic rings. The molecule has 11 heteroatoms. The third kappa shape index (κ3) is 6.14. The van der Waals surface area contributed by atoms with Gasteiger partial charge in [0.2, 0.25) is 0 Å². The Kier molecular flexibility index (Phi) is 7.34. The van der Waals surface area contributed by atoms with Crippen molar-refractivity contribution in [1.29, 1.82) is 0 Å². The topological polar surface area (TPSA) is 90.8 Å². The third-order valence-electron chi connectivity index (χ3n) is 6.02. The van der Waals surface area contributed by atoms with Crippen molar-refractivity contribution in [2.45, 2.75) is 39.3 Å². The summed E-state index contributed by atoms with van der Waals surface area (Å²) in [6.45, 7) is 4.26. The van der Waals surface area contributed by atoms with E-state index in [4.69, 9.17) is 11.6 Å². The number of nitrogens with one attached hydrogen (secondary N) is 2. The summed E-state index contributed by atoms with van der Waals surface area (Å²) < 4.78 is 39.4. The summed E-state index contributed by atoms with van der Waals surface area (Å²) in [6.07, 6.45) is -1.35. The Bertz CT molecular complexity index is 1400. The van der Waals surface area contributed by atoms with Crippen LogP contribution in [0.4, 0.5) is 18.2 Å². The molecule has 1 aliphatic carbocycles. The van der Waals surface area contributed by atoms with Crippen molar-refractivity contribution in [2.24, 2.45) is 10.5 Å².